The molecule has 1 aliphatic heterocycles. The molecular formula is C15H19Cl3N2OS. The Labute approximate surface area is 151 Å². The number of nitrogens with zero attached hydrogens (tertiary/aromatic N) is 1. The second kappa shape index (κ2) is 7.18. The van der Waals surface area contributed by atoms with E-state index in [0.717, 1.165) is 30.8 Å². The average Bonchev–Trinajstić information content (AvgIpc) is 3.01. The fourth-order valence-electron chi connectivity index (χ4n) is 3.49. The summed E-state index contributed by atoms with van der Waals surface area (Å²) in [5, 5.41) is 1.01. The van der Waals surface area contributed by atoms with Gasteiger partial charge in [-0.05, 0) is 43.1 Å². The van der Waals surface area contributed by atoms with E-state index in [1.54, 1.807) is 12.1 Å². The van der Waals surface area contributed by atoms with Gasteiger partial charge in [0.05, 0.1) is 15.6 Å². The number of hydrogen-bond acceptors (Lipinski definition) is 3. The van der Waals surface area contributed by atoms with Crippen LogP contribution in [0.5, 0.6) is 0 Å². The molecule has 1 saturated heterocycles. The summed E-state index contributed by atoms with van der Waals surface area (Å²) >= 11 is 13.8. The molecule has 3 rings (SSSR count). The predicted octanol–water partition coefficient (Wildman–Crippen LogP) is 3.95. The van der Waals surface area contributed by atoms with E-state index in [9.17, 15) is 4.79 Å². The summed E-state index contributed by atoms with van der Waals surface area (Å²) < 4.78 is 0. The summed E-state index contributed by atoms with van der Waals surface area (Å²) in [4.78, 5) is 15.5. The van der Waals surface area contributed by atoms with Gasteiger partial charge >= 0.3 is 0 Å². The largest absolute Gasteiger partial charge is 0.338 e. The third kappa shape index (κ3) is 3.22. The lowest BCUT2D eigenvalue weighted by Crippen LogP contribution is -2.33. The summed E-state index contributed by atoms with van der Waals surface area (Å²) in [5.41, 5.74) is 6.67. The molecule has 1 amide bonds. The summed E-state index contributed by atoms with van der Waals surface area (Å²) in [6.45, 7) is 1.54. The highest BCUT2D eigenvalue weighted by atomic mass is 35.5. The van der Waals surface area contributed by atoms with Crippen molar-refractivity contribution in [1.29, 1.82) is 0 Å². The Kier molecular flexibility index (Phi) is 5.95. The first-order valence-electron chi connectivity index (χ1n) is 7.09. The highest BCUT2D eigenvalue weighted by Crippen LogP contribution is 2.39. The van der Waals surface area contributed by atoms with Gasteiger partial charge < -0.3 is 10.6 Å². The van der Waals surface area contributed by atoms with Crippen LogP contribution in [0.2, 0.25) is 10.0 Å². The standard InChI is InChI=1S/C15H18Cl2N2OS.ClH/c1-21-14-4-9(11(16)5-12(14)17)15(20)19-6-8-2-3-13(18)10(8)7-19;/h4-5,8,10,13H,2-3,6-7,18H2,1H3;1H. The van der Waals surface area contributed by atoms with Gasteiger partial charge in [-0.3, -0.25) is 4.79 Å². The molecule has 3 unspecified atom stereocenters. The van der Waals surface area contributed by atoms with Gasteiger partial charge in [-0.25, -0.2) is 0 Å². The Bertz CT molecular complexity index is 584. The Balaban J connectivity index is 0.00000176. The molecule has 3 atom stereocenters. The van der Waals surface area contributed by atoms with Crippen LogP contribution < -0.4 is 5.73 Å². The molecule has 22 heavy (non-hydrogen) atoms. The van der Waals surface area contributed by atoms with Gasteiger partial charge in [0.25, 0.3) is 5.91 Å². The van der Waals surface area contributed by atoms with Gasteiger partial charge in [-0.1, -0.05) is 23.2 Å². The summed E-state index contributed by atoms with van der Waals surface area (Å²) in [5.74, 6) is 0.989. The van der Waals surface area contributed by atoms with Crippen molar-refractivity contribution in [2.24, 2.45) is 17.6 Å². The Morgan fingerprint density at radius 3 is 2.64 bits per heavy atom. The highest BCUT2D eigenvalue weighted by molar-refractivity contribution is 7.98. The third-order valence-electron chi connectivity index (χ3n) is 4.67. The molecule has 1 aromatic rings. The van der Waals surface area contributed by atoms with Gasteiger partial charge in [-0.15, -0.1) is 24.2 Å². The number of fused-ring (bicyclic) bond motifs is 1. The summed E-state index contributed by atoms with van der Waals surface area (Å²) in [6, 6.07) is 3.69. The topological polar surface area (TPSA) is 46.3 Å². The number of thioether (sulfide) groups is 1. The molecule has 1 aliphatic carbocycles. The van der Waals surface area contributed by atoms with E-state index in [1.165, 1.54) is 11.8 Å². The second-order valence-corrected chi connectivity index (χ2v) is 7.50. The van der Waals surface area contributed by atoms with E-state index < -0.39 is 0 Å². The molecule has 2 fully saturated rings. The number of halogens is 3. The number of amides is 1. The third-order valence-corrected chi connectivity index (χ3v) is 6.19. The van der Waals surface area contributed by atoms with Crippen molar-refractivity contribution >= 4 is 53.3 Å². The maximum atomic E-state index is 12.7. The Morgan fingerprint density at radius 1 is 1.27 bits per heavy atom. The molecule has 1 heterocycles. The van der Waals surface area contributed by atoms with Crippen molar-refractivity contribution < 1.29 is 4.79 Å². The maximum Gasteiger partial charge on any atom is 0.255 e. The normalized spacial score (nSPS) is 26.7. The molecule has 0 spiro atoms. The Hall–Kier alpha value is -0.130. The zero-order valence-electron chi connectivity index (χ0n) is 12.2. The first-order valence-corrected chi connectivity index (χ1v) is 9.07. The van der Waals surface area contributed by atoms with Crippen molar-refractivity contribution in [1.82, 2.24) is 4.90 Å². The molecule has 0 bridgehead atoms. The van der Waals surface area contributed by atoms with Gasteiger partial charge in [0.1, 0.15) is 0 Å². The number of hydrogen-bond donors (Lipinski definition) is 1. The molecule has 2 N–H and O–H groups in total. The minimum Gasteiger partial charge on any atom is -0.338 e. The SMILES string of the molecule is CSc1cc(C(=O)N2CC3CCC(N)C3C2)c(Cl)cc1Cl.Cl. The number of carbonyl (C=O) groups excluding carboxylic acids is 1. The van der Waals surface area contributed by atoms with E-state index in [0.29, 0.717) is 27.4 Å². The number of likely N-dealkylation sites (tertiary alicyclic amines) is 1. The monoisotopic (exact) mass is 380 g/mol. The highest BCUT2D eigenvalue weighted by Gasteiger charge is 2.42. The number of benzene rings is 1. The van der Waals surface area contributed by atoms with Crippen molar-refractivity contribution in [2.75, 3.05) is 19.3 Å². The van der Waals surface area contributed by atoms with E-state index in [-0.39, 0.29) is 24.4 Å². The van der Waals surface area contributed by atoms with Crippen molar-refractivity contribution in [3.8, 4) is 0 Å². The zero-order chi connectivity index (χ0) is 15.1. The van der Waals surface area contributed by atoms with Crippen LogP contribution in [0.15, 0.2) is 17.0 Å². The molecule has 122 valence electrons. The maximum absolute atomic E-state index is 12.7. The molecule has 0 aromatic heterocycles. The summed E-state index contributed by atoms with van der Waals surface area (Å²) in [6.07, 6.45) is 4.14. The van der Waals surface area contributed by atoms with E-state index in [1.807, 2.05) is 11.2 Å². The minimum atomic E-state index is -0.00596. The molecule has 7 heteroatoms. The van der Waals surface area contributed by atoms with Gasteiger partial charge in [0.15, 0.2) is 0 Å². The molecule has 0 radical (unpaired) electrons. The number of nitrogens with two attached hydrogens (primary N) is 1. The van der Waals surface area contributed by atoms with Gasteiger partial charge in [-0.2, -0.15) is 0 Å². The predicted molar refractivity (Wildman–Crippen MR) is 95.6 cm³/mol. The van der Waals surface area contributed by atoms with Crippen molar-refractivity contribution in [2.45, 2.75) is 23.8 Å². The first kappa shape index (κ1) is 18.2. The van der Waals surface area contributed by atoms with Crippen LogP contribution in [0.1, 0.15) is 23.2 Å². The van der Waals surface area contributed by atoms with Crippen LogP contribution >= 0.6 is 47.4 Å². The van der Waals surface area contributed by atoms with Crippen LogP contribution in [0.3, 0.4) is 0 Å². The number of rotatable bonds is 2. The van der Waals surface area contributed by atoms with Gasteiger partial charge in [0.2, 0.25) is 0 Å². The van der Waals surface area contributed by atoms with Crippen LogP contribution in [0.4, 0.5) is 0 Å². The van der Waals surface area contributed by atoms with Crippen LogP contribution in [0, 0.1) is 11.8 Å². The fraction of sp³-hybridized carbons (Fsp3) is 0.533. The lowest BCUT2D eigenvalue weighted by molar-refractivity contribution is 0.0779. The average molecular weight is 382 g/mol. The fourth-order valence-corrected chi connectivity index (χ4v) is 4.68. The zero-order valence-corrected chi connectivity index (χ0v) is 15.4. The van der Waals surface area contributed by atoms with Gasteiger partial charge in [0, 0.05) is 24.0 Å². The Morgan fingerprint density at radius 2 is 2.00 bits per heavy atom. The quantitative estimate of drug-likeness (QED) is 0.789. The van der Waals surface area contributed by atoms with Crippen LogP contribution in [-0.4, -0.2) is 36.2 Å². The lowest BCUT2D eigenvalue weighted by Gasteiger charge is -2.20. The van der Waals surface area contributed by atoms with E-state index in [2.05, 4.69) is 0 Å². The van der Waals surface area contributed by atoms with Crippen molar-refractivity contribution in [3.05, 3.63) is 27.7 Å². The number of carbonyl (C=O) groups is 1. The van der Waals surface area contributed by atoms with E-state index in [4.69, 9.17) is 28.9 Å². The van der Waals surface area contributed by atoms with Crippen LogP contribution in [0.25, 0.3) is 0 Å². The molecule has 3 nitrogen and oxygen atoms in total. The summed E-state index contributed by atoms with van der Waals surface area (Å²) in [7, 11) is 0. The molecule has 1 aromatic carbocycles. The second-order valence-electron chi connectivity index (χ2n) is 5.84. The molecular weight excluding hydrogens is 363 g/mol. The lowest BCUT2D eigenvalue weighted by atomic mass is 9.98. The first-order chi connectivity index (χ1) is 10.0. The molecule has 1 saturated carbocycles. The van der Waals surface area contributed by atoms with Crippen molar-refractivity contribution in [3.63, 3.8) is 0 Å². The molecule has 2 aliphatic rings. The minimum absolute atomic E-state index is 0. The van der Waals surface area contributed by atoms with E-state index >= 15 is 0 Å². The van der Waals surface area contributed by atoms with Crippen LogP contribution in [-0.2, 0) is 0 Å². The smallest absolute Gasteiger partial charge is 0.255 e.